The van der Waals surface area contributed by atoms with Gasteiger partial charge in [0, 0.05) is 36.8 Å². The molecule has 1 aliphatic rings. The van der Waals surface area contributed by atoms with E-state index >= 15 is 0 Å². The van der Waals surface area contributed by atoms with Crippen molar-refractivity contribution in [1.82, 2.24) is 10.3 Å². The van der Waals surface area contributed by atoms with Crippen molar-refractivity contribution >= 4 is 46.5 Å². The lowest BCUT2D eigenvalue weighted by atomic mass is 10.00. The van der Waals surface area contributed by atoms with Crippen molar-refractivity contribution in [3.05, 3.63) is 56.7 Å². The summed E-state index contributed by atoms with van der Waals surface area (Å²) >= 11 is 17.7. The highest BCUT2D eigenvalue weighted by Gasteiger charge is 2.34. The van der Waals surface area contributed by atoms with E-state index in [4.69, 9.17) is 34.8 Å². The lowest BCUT2D eigenvalue weighted by molar-refractivity contribution is -0.137. The summed E-state index contributed by atoms with van der Waals surface area (Å²) in [5.41, 5.74) is -0.565. The SMILES string of the molecule is O=C(NCC1CN(c2ncc(C(F)(F)F)cc2Cl)C1)c1ccc(Cl)cc1Cl. The van der Waals surface area contributed by atoms with Crippen molar-refractivity contribution in [3.8, 4) is 0 Å². The number of pyridine rings is 1. The quantitative estimate of drug-likeness (QED) is 0.736. The lowest BCUT2D eigenvalue weighted by Crippen LogP contribution is -2.52. The van der Waals surface area contributed by atoms with E-state index in [1.165, 1.54) is 6.07 Å². The smallest absolute Gasteiger partial charge is 0.355 e. The Labute approximate surface area is 168 Å². The summed E-state index contributed by atoms with van der Waals surface area (Å²) < 4.78 is 38.0. The number of hydrogen-bond acceptors (Lipinski definition) is 3. The highest BCUT2D eigenvalue weighted by Crippen LogP contribution is 2.35. The molecule has 0 saturated carbocycles. The number of benzene rings is 1. The highest BCUT2D eigenvalue weighted by atomic mass is 35.5. The summed E-state index contributed by atoms with van der Waals surface area (Å²) in [4.78, 5) is 17.7. The van der Waals surface area contributed by atoms with Crippen molar-refractivity contribution < 1.29 is 18.0 Å². The van der Waals surface area contributed by atoms with Crippen LogP contribution in [-0.4, -0.2) is 30.5 Å². The Balaban J connectivity index is 1.53. The molecular formula is C17H13Cl3F3N3O. The summed E-state index contributed by atoms with van der Waals surface area (Å²) in [6, 6.07) is 5.47. The Bertz CT molecular complexity index is 870. The van der Waals surface area contributed by atoms with E-state index in [2.05, 4.69) is 10.3 Å². The van der Waals surface area contributed by atoms with E-state index in [1.54, 1.807) is 17.0 Å². The monoisotopic (exact) mass is 437 g/mol. The average molecular weight is 439 g/mol. The highest BCUT2D eigenvalue weighted by molar-refractivity contribution is 6.36. The van der Waals surface area contributed by atoms with Gasteiger partial charge in [0.2, 0.25) is 0 Å². The second-order valence-electron chi connectivity index (χ2n) is 6.13. The molecule has 144 valence electrons. The second-order valence-corrected chi connectivity index (χ2v) is 7.38. The zero-order chi connectivity index (χ0) is 19.8. The van der Waals surface area contributed by atoms with Crippen molar-refractivity contribution in [2.45, 2.75) is 6.18 Å². The van der Waals surface area contributed by atoms with Gasteiger partial charge >= 0.3 is 6.18 Å². The van der Waals surface area contributed by atoms with Crippen LogP contribution in [-0.2, 0) is 6.18 Å². The number of hydrogen-bond donors (Lipinski definition) is 1. The average Bonchev–Trinajstić information content (AvgIpc) is 2.53. The van der Waals surface area contributed by atoms with Crippen molar-refractivity contribution in [2.24, 2.45) is 5.92 Å². The molecule has 27 heavy (non-hydrogen) atoms. The molecule has 0 unspecified atom stereocenters. The minimum atomic E-state index is -4.49. The minimum Gasteiger partial charge on any atom is -0.355 e. The number of aromatic nitrogens is 1. The summed E-state index contributed by atoms with van der Waals surface area (Å²) in [5.74, 6) is 0.106. The van der Waals surface area contributed by atoms with E-state index < -0.39 is 11.7 Å². The molecule has 2 aromatic rings. The zero-order valence-electron chi connectivity index (χ0n) is 13.7. The Morgan fingerprint density at radius 2 is 1.89 bits per heavy atom. The summed E-state index contributed by atoms with van der Waals surface area (Å²) in [5, 5.41) is 3.42. The van der Waals surface area contributed by atoms with E-state index in [-0.39, 0.29) is 21.9 Å². The molecule has 4 nitrogen and oxygen atoms in total. The number of amides is 1. The molecule has 1 fully saturated rings. The number of halogens is 6. The Morgan fingerprint density at radius 3 is 2.48 bits per heavy atom. The van der Waals surface area contributed by atoms with E-state index in [0.29, 0.717) is 36.0 Å². The number of nitrogens with zero attached hydrogens (tertiary/aromatic N) is 2. The number of anilines is 1. The van der Waals surface area contributed by atoms with Gasteiger partial charge in [-0.1, -0.05) is 34.8 Å². The normalized spacial score (nSPS) is 14.8. The largest absolute Gasteiger partial charge is 0.417 e. The fourth-order valence-electron chi connectivity index (χ4n) is 2.70. The fraction of sp³-hybridized carbons (Fsp3) is 0.294. The van der Waals surface area contributed by atoms with Crippen LogP contribution in [0.4, 0.5) is 19.0 Å². The number of carbonyl (C=O) groups excluding carboxylic acids is 1. The molecule has 0 aliphatic carbocycles. The topological polar surface area (TPSA) is 45.2 Å². The van der Waals surface area contributed by atoms with Crippen molar-refractivity contribution in [3.63, 3.8) is 0 Å². The Hall–Kier alpha value is -1.70. The summed E-state index contributed by atoms with van der Waals surface area (Å²) in [6.07, 6.45) is -3.72. The lowest BCUT2D eigenvalue weighted by Gasteiger charge is -2.40. The van der Waals surface area contributed by atoms with Crippen LogP contribution < -0.4 is 10.2 Å². The maximum atomic E-state index is 12.7. The van der Waals surface area contributed by atoms with Crippen LogP contribution in [0.1, 0.15) is 15.9 Å². The van der Waals surface area contributed by atoms with E-state index in [0.717, 1.165) is 12.3 Å². The van der Waals surface area contributed by atoms with Crippen LogP contribution in [0.3, 0.4) is 0 Å². The van der Waals surface area contributed by atoms with Gasteiger partial charge in [0.25, 0.3) is 5.91 Å². The predicted molar refractivity (Wildman–Crippen MR) is 98.7 cm³/mol. The third kappa shape index (κ3) is 4.59. The second kappa shape index (κ2) is 7.73. The van der Waals surface area contributed by atoms with Gasteiger partial charge in [-0.2, -0.15) is 13.2 Å². The molecule has 10 heteroatoms. The van der Waals surface area contributed by atoms with Gasteiger partial charge in [0.15, 0.2) is 0 Å². The molecule has 1 amide bonds. The van der Waals surface area contributed by atoms with Gasteiger partial charge < -0.3 is 10.2 Å². The molecule has 1 aromatic carbocycles. The van der Waals surface area contributed by atoms with E-state index in [1.807, 2.05) is 0 Å². The Morgan fingerprint density at radius 1 is 1.19 bits per heavy atom. The molecule has 0 atom stereocenters. The first kappa shape index (κ1) is 20.0. The molecule has 2 heterocycles. The third-order valence-electron chi connectivity index (χ3n) is 4.13. The first-order valence-corrected chi connectivity index (χ1v) is 8.99. The number of rotatable bonds is 4. The van der Waals surface area contributed by atoms with Gasteiger partial charge in [0.1, 0.15) is 5.82 Å². The van der Waals surface area contributed by atoms with Crippen LogP contribution in [0.2, 0.25) is 15.1 Å². The van der Waals surface area contributed by atoms with Crippen LogP contribution >= 0.6 is 34.8 Å². The molecule has 0 radical (unpaired) electrons. The summed E-state index contributed by atoms with van der Waals surface area (Å²) in [7, 11) is 0. The minimum absolute atomic E-state index is 0.0553. The molecular weight excluding hydrogens is 426 g/mol. The predicted octanol–water partition coefficient (Wildman–Crippen LogP) is 4.93. The van der Waals surface area contributed by atoms with Crippen LogP contribution in [0, 0.1) is 5.92 Å². The molecule has 0 spiro atoms. The van der Waals surface area contributed by atoms with Gasteiger partial charge in [-0.3, -0.25) is 4.79 Å². The number of nitrogens with one attached hydrogen (secondary N) is 1. The van der Waals surface area contributed by atoms with Crippen LogP contribution in [0.15, 0.2) is 30.5 Å². The maximum absolute atomic E-state index is 12.7. The molecule has 1 N–H and O–H groups in total. The van der Waals surface area contributed by atoms with Crippen LogP contribution in [0.25, 0.3) is 0 Å². The van der Waals surface area contributed by atoms with Crippen molar-refractivity contribution in [2.75, 3.05) is 24.5 Å². The van der Waals surface area contributed by atoms with Crippen LogP contribution in [0.5, 0.6) is 0 Å². The third-order valence-corrected chi connectivity index (χ3v) is 4.96. The zero-order valence-corrected chi connectivity index (χ0v) is 15.9. The Kier molecular flexibility index (Phi) is 5.74. The number of alkyl halides is 3. The van der Waals surface area contributed by atoms with Gasteiger partial charge in [0.05, 0.1) is 21.2 Å². The number of carbonyl (C=O) groups is 1. The standard InChI is InChI=1S/C17H13Cl3F3N3O/c18-11-1-2-12(13(19)4-11)16(27)25-5-9-7-26(8-9)15-14(20)3-10(6-24-15)17(21,22)23/h1-4,6,9H,5,7-8H2,(H,25,27). The van der Waals surface area contributed by atoms with Gasteiger partial charge in [-0.25, -0.2) is 4.98 Å². The molecule has 1 saturated heterocycles. The first-order valence-electron chi connectivity index (χ1n) is 7.86. The molecule has 0 bridgehead atoms. The first-order chi connectivity index (χ1) is 12.6. The van der Waals surface area contributed by atoms with Crippen molar-refractivity contribution in [1.29, 1.82) is 0 Å². The van der Waals surface area contributed by atoms with Gasteiger partial charge in [-0.15, -0.1) is 0 Å². The molecule has 1 aromatic heterocycles. The maximum Gasteiger partial charge on any atom is 0.417 e. The molecule has 1 aliphatic heterocycles. The summed E-state index contributed by atoms with van der Waals surface area (Å²) in [6.45, 7) is 1.44. The van der Waals surface area contributed by atoms with E-state index in [9.17, 15) is 18.0 Å². The fourth-order valence-corrected chi connectivity index (χ4v) is 3.48. The molecule has 3 rings (SSSR count). The van der Waals surface area contributed by atoms with Gasteiger partial charge in [-0.05, 0) is 24.3 Å².